The van der Waals surface area contributed by atoms with E-state index in [0.29, 0.717) is 10.8 Å². The average molecular weight is 212 g/mol. The van der Waals surface area contributed by atoms with Gasteiger partial charge >= 0.3 is 0 Å². The fraction of sp³-hybridized carbons (Fsp3) is 0. The lowest BCUT2D eigenvalue weighted by atomic mass is 10.0. The molecule has 0 saturated heterocycles. The summed E-state index contributed by atoms with van der Waals surface area (Å²) in [5.74, 6) is -1.18. The molecule has 3 aromatic carbocycles. The standard InChI is InChI=1S/C14H6F2/c15-12-7-3-5-10-8-9-4-1-2-6-11(9)14(16)13(10)12/h2-6,8H. The largest absolute Gasteiger partial charge is 0.206 e. The molecule has 0 unspecified atom stereocenters. The molecule has 0 aromatic heterocycles. The number of hydrogen-bond donors (Lipinski definition) is 0. The van der Waals surface area contributed by atoms with Crippen molar-refractivity contribution in [3.05, 3.63) is 60.2 Å². The first kappa shape index (κ1) is 9.28. The molecule has 3 rings (SSSR count). The molecule has 2 heteroatoms. The summed E-state index contributed by atoms with van der Waals surface area (Å²) in [5.41, 5.74) is 0. The lowest BCUT2D eigenvalue weighted by Crippen LogP contribution is -1.87. The molecule has 0 amide bonds. The van der Waals surface area contributed by atoms with Crippen molar-refractivity contribution in [2.75, 3.05) is 0 Å². The van der Waals surface area contributed by atoms with E-state index in [2.05, 4.69) is 12.1 Å². The highest BCUT2D eigenvalue weighted by Gasteiger charge is 2.10. The third-order valence-electron chi connectivity index (χ3n) is 2.64. The number of halogens is 2. The molecule has 0 spiro atoms. The molecule has 0 atom stereocenters. The maximum absolute atomic E-state index is 14.1. The molecule has 3 aromatic rings. The van der Waals surface area contributed by atoms with Crippen LogP contribution in [0, 0.1) is 23.8 Å². The third kappa shape index (κ3) is 1.20. The van der Waals surface area contributed by atoms with Crippen molar-refractivity contribution in [3.8, 4) is 0 Å². The Morgan fingerprint density at radius 2 is 1.88 bits per heavy atom. The Bertz CT molecular complexity index is 687. The molecule has 0 fully saturated rings. The predicted octanol–water partition coefficient (Wildman–Crippen LogP) is 3.87. The Morgan fingerprint density at radius 1 is 1.00 bits per heavy atom. The van der Waals surface area contributed by atoms with E-state index in [0.717, 1.165) is 5.39 Å². The summed E-state index contributed by atoms with van der Waals surface area (Å²) >= 11 is 0. The van der Waals surface area contributed by atoms with Gasteiger partial charge in [-0.2, -0.15) is 0 Å². The van der Waals surface area contributed by atoms with Crippen LogP contribution in [0.5, 0.6) is 0 Å². The molecule has 16 heavy (non-hydrogen) atoms. The second-order valence-electron chi connectivity index (χ2n) is 3.59. The molecule has 0 aliphatic heterocycles. The van der Waals surface area contributed by atoms with Gasteiger partial charge < -0.3 is 0 Å². The fourth-order valence-electron chi connectivity index (χ4n) is 1.90. The highest BCUT2D eigenvalue weighted by Crippen LogP contribution is 2.28. The normalized spacial score (nSPS) is 11.1. The fourth-order valence-corrected chi connectivity index (χ4v) is 1.90. The van der Waals surface area contributed by atoms with Gasteiger partial charge in [0.05, 0.1) is 5.39 Å². The van der Waals surface area contributed by atoms with Crippen molar-refractivity contribution in [1.29, 1.82) is 0 Å². The summed E-state index contributed by atoms with van der Waals surface area (Å²) in [6.07, 6.45) is 0. The van der Waals surface area contributed by atoms with Gasteiger partial charge in [0.25, 0.3) is 0 Å². The summed E-state index contributed by atoms with van der Waals surface area (Å²) in [6.45, 7) is 0. The van der Waals surface area contributed by atoms with Crippen LogP contribution in [0.1, 0.15) is 0 Å². The first-order valence-electron chi connectivity index (χ1n) is 4.85. The minimum Gasteiger partial charge on any atom is -0.206 e. The van der Waals surface area contributed by atoms with Gasteiger partial charge in [0.2, 0.25) is 0 Å². The van der Waals surface area contributed by atoms with Crippen LogP contribution in [0.25, 0.3) is 21.5 Å². The van der Waals surface area contributed by atoms with Crippen LogP contribution in [0.2, 0.25) is 0 Å². The quantitative estimate of drug-likeness (QED) is 0.496. The summed E-state index contributed by atoms with van der Waals surface area (Å²) in [6, 6.07) is 15.0. The van der Waals surface area contributed by atoms with Crippen LogP contribution < -0.4 is 0 Å². The molecule has 76 valence electrons. The van der Waals surface area contributed by atoms with E-state index in [-0.39, 0.29) is 5.39 Å². The molecule has 0 nitrogen and oxygen atoms in total. The molecule has 0 heterocycles. The van der Waals surface area contributed by atoms with Gasteiger partial charge in [-0.3, -0.25) is 0 Å². The first-order valence-corrected chi connectivity index (χ1v) is 4.85. The minimum atomic E-state index is -0.648. The van der Waals surface area contributed by atoms with E-state index in [9.17, 15) is 8.78 Å². The number of rotatable bonds is 0. The SMILES string of the molecule is Fc1[c]ccc2cc3c[c]ccc3c(F)c12. The Labute approximate surface area is 91.1 Å². The zero-order valence-electron chi connectivity index (χ0n) is 8.22. The highest BCUT2D eigenvalue weighted by molar-refractivity contribution is 5.99. The van der Waals surface area contributed by atoms with Gasteiger partial charge in [0.1, 0.15) is 11.6 Å². The maximum Gasteiger partial charge on any atom is 0.141 e. The molecule has 0 saturated carbocycles. The average Bonchev–Trinajstić information content (AvgIpc) is 2.29. The van der Waals surface area contributed by atoms with Crippen LogP contribution in [0.3, 0.4) is 0 Å². The van der Waals surface area contributed by atoms with E-state index >= 15 is 0 Å². The maximum atomic E-state index is 14.1. The minimum absolute atomic E-state index is 0.00111. The van der Waals surface area contributed by atoms with E-state index < -0.39 is 11.6 Å². The topological polar surface area (TPSA) is 0 Å². The van der Waals surface area contributed by atoms with Crippen molar-refractivity contribution in [1.82, 2.24) is 0 Å². The highest BCUT2D eigenvalue weighted by atomic mass is 19.1. The summed E-state index contributed by atoms with van der Waals surface area (Å²) in [5, 5.41) is 1.67. The summed E-state index contributed by atoms with van der Waals surface area (Å²) in [4.78, 5) is 0. The summed E-state index contributed by atoms with van der Waals surface area (Å²) < 4.78 is 27.5. The predicted molar refractivity (Wildman–Crippen MR) is 59.0 cm³/mol. The van der Waals surface area contributed by atoms with Gasteiger partial charge in [-0.1, -0.05) is 24.3 Å². The molecule has 0 N–H and O–H groups in total. The molecule has 0 aliphatic carbocycles. The Balaban J connectivity index is 2.62. The second-order valence-corrected chi connectivity index (χ2v) is 3.59. The number of benzene rings is 3. The van der Waals surface area contributed by atoms with Crippen molar-refractivity contribution in [2.24, 2.45) is 0 Å². The Morgan fingerprint density at radius 3 is 2.75 bits per heavy atom. The molecule has 0 bridgehead atoms. The molecular weight excluding hydrogens is 206 g/mol. The Hall–Kier alpha value is -1.96. The Kier molecular flexibility index (Phi) is 1.90. The number of hydrogen-bond acceptors (Lipinski definition) is 0. The zero-order valence-corrected chi connectivity index (χ0v) is 8.22. The monoisotopic (exact) mass is 212 g/mol. The van der Waals surface area contributed by atoms with Gasteiger partial charge in [0, 0.05) is 11.5 Å². The summed E-state index contributed by atoms with van der Waals surface area (Å²) in [7, 11) is 0. The third-order valence-corrected chi connectivity index (χ3v) is 2.64. The van der Waals surface area contributed by atoms with Crippen LogP contribution >= 0.6 is 0 Å². The van der Waals surface area contributed by atoms with E-state index in [1.807, 2.05) is 0 Å². The van der Waals surface area contributed by atoms with Gasteiger partial charge in [-0.05, 0) is 29.0 Å². The van der Waals surface area contributed by atoms with Crippen LogP contribution in [0.15, 0.2) is 36.4 Å². The first-order chi connectivity index (χ1) is 7.77. The van der Waals surface area contributed by atoms with Crippen molar-refractivity contribution in [3.63, 3.8) is 0 Å². The number of fused-ring (bicyclic) bond motifs is 2. The van der Waals surface area contributed by atoms with Crippen molar-refractivity contribution >= 4 is 21.5 Å². The van der Waals surface area contributed by atoms with Gasteiger partial charge in [-0.25, -0.2) is 8.78 Å². The zero-order chi connectivity index (χ0) is 11.1. The lowest BCUT2D eigenvalue weighted by Gasteiger charge is -2.04. The van der Waals surface area contributed by atoms with E-state index in [1.165, 1.54) is 6.07 Å². The molecule has 0 aliphatic rings. The van der Waals surface area contributed by atoms with E-state index in [4.69, 9.17) is 0 Å². The van der Waals surface area contributed by atoms with Crippen LogP contribution in [0.4, 0.5) is 8.78 Å². The van der Waals surface area contributed by atoms with Crippen molar-refractivity contribution < 1.29 is 8.78 Å². The second kappa shape index (κ2) is 3.27. The molecule has 2 radical (unpaired) electrons. The van der Waals surface area contributed by atoms with Gasteiger partial charge in [-0.15, -0.1) is 0 Å². The van der Waals surface area contributed by atoms with Gasteiger partial charge in [0.15, 0.2) is 0 Å². The smallest absolute Gasteiger partial charge is 0.141 e. The van der Waals surface area contributed by atoms with Crippen molar-refractivity contribution in [2.45, 2.75) is 0 Å². The van der Waals surface area contributed by atoms with Crippen LogP contribution in [-0.4, -0.2) is 0 Å². The lowest BCUT2D eigenvalue weighted by molar-refractivity contribution is 0.612. The van der Waals surface area contributed by atoms with Crippen LogP contribution in [-0.2, 0) is 0 Å². The molecular formula is C14H6F2. The van der Waals surface area contributed by atoms with E-state index in [1.54, 1.807) is 30.3 Å².